The first-order valence-electron chi connectivity index (χ1n) is 9.01. The molecule has 0 aromatic heterocycles. The van der Waals surface area contributed by atoms with Gasteiger partial charge >= 0.3 is 5.97 Å². The number of carbonyl (C=O) groups excluding carboxylic acids is 2. The van der Waals surface area contributed by atoms with E-state index >= 15 is 0 Å². The van der Waals surface area contributed by atoms with Gasteiger partial charge < -0.3 is 15.3 Å². The molecule has 0 saturated carbocycles. The summed E-state index contributed by atoms with van der Waals surface area (Å²) in [5.74, 6) is -0.662. The lowest BCUT2D eigenvalue weighted by molar-refractivity contribution is -0.148. The van der Waals surface area contributed by atoms with Crippen LogP contribution in [0.4, 0.5) is 5.69 Å². The van der Waals surface area contributed by atoms with Crippen molar-refractivity contribution in [1.82, 2.24) is 4.90 Å². The Morgan fingerprint density at radius 3 is 2.31 bits per heavy atom. The summed E-state index contributed by atoms with van der Waals surface area (Å²) in [5.41, 5.74) is -0.300. The van der Waals surface area contributed by atoms with E-state index in [1.54, 1.807) is 24.3 Å². The first-order chi connectivity index (χ1) is 12.1. The Hall–Kier alpha value is -2.37. The van der Waals surface area contributed by atoms with E-state index in [0.717, 1.165) is 6.42 Å². The van der Waals surface area contributed by atoms with Crippen LogP contribution in [0.3, 0.4) is 0 Å². The lowest BCUT2D eigenvalue weighted by Crippen LogP contribution is -2.42. The summed E-state index contributed by atoms with van der Waals surface area (Å²) in [7, 11) is 0. The van der Waals surface area contributed by atoms with E-state index in [4.69, 9.17) is 0 Å². The van der Waals surface area contributed by atoms with Crippen LogP contribution in [0.15, 0.2) is 24.3 Å². The number of hydrogen-bond donors (Lipinski definition) is 2. The number of aliphatic carboxylic acids is 1. The highest BCUT2D eigenvalue weighted by Gasteiger charge is 2.31. The molecule has 1 aromatic carbocycles. The minimum absolute atomic E-state index is 0.100. The van der Waals surface area contributed by atoms with Crippen LogP contribution in [0, 0.1) is 17.3 Å². The van der Waals surface area contributed by atoms with Crippen LogP contribution in [0.1, 0.15) is 50.9 Å². The maximum Gasteiger partial charge on any atom is 0.309 e. The van der Waals surface area contributed by atoms with Gasteiger partial charge in [-0.2, -0.15) is 0 Å². The number of nitrogens with zero attached hydrogens (tertiary/aromatic N) is 1. The summed E-state index contributed by atoms with van der Waals surface area (Å²) in [6.07, 6.45) is 0.940. The van der Waals surface area contributed by atoms with Crippen molar-refractivity contribution >= 4 is 23.5 Å². The van der Waals surface area contributed by atoms with E-state index in [-0.39, 0.29) is 12.3 Å². The summed E-state index contributed by atoms with van der Waals surface area (Å²) in [4.78, 5) is 38.3. The van der Waals surface area contributed by atoms with Crippen molar-refractivity contribution in [2.45, 2.75) is 40.5 Å². The van der Waals surface area contributed by atoms with Crippen molar-refractivity contribution in [3.8, 4) is 0 Å². The highest BCUT2D eigenvalue weighted by Crippen LogP contribution is 2.26. The first kappa shape index (κ1) is 19.9. The van der Waals surface area contributed by atoms with E-state index in [2.05, 4.69) is 19.2 Å². The molecule has 0 bridgehead atoms. The summed E-state index contributed by atoms with van der Waals surface area (Å²) in [6, 6.07) is 6.89. The van der Waals surface area contributed by atoms with Gasteiger partial charge in [0.1, 0.15) is 0 Å². The molecule has 1 fully saturated rings. The molecule has 1 saturated heterocycles. The fourth-order valence-electron chi connectivity index (χ4n) is 3.45. The number of piperidine rings is 1. The Morgan fingerprint density at radius 2 is 1.73 bits per heavy atom. The van der Waals surface area contributed by atoms with Gasteiger partial charge in [0.15, 0.2) is 0 Å². The number of carbonyl (C=O) groups is 3. The monoisotopic (exact) mass is 360 g/mol. The molecule has 1 heterocycles. The van der Waals surface area contributed by atoms with Crippen molar-refractivity contribution in [2.24, 2.45) is 17.3 Å². The van der Waals surface area contributed by atoms with Crippen molar-refractivity contribution in [3.63, 3.8) is 0 Å². The SMILES string of the molecule is CC1CC(C)CN(C(=O)c2ccccc2NC(=O)CC(C)(C)C(=O)O)C1. The number of hydrogen-bond acceptors (Lipinski definition) is 3. The quantitative estimate of drug-likeness (QED) is 0.844. The smallest absolute Gasteiger partial charge is 0.309 e. The van der Waals surface area contributed by atoms with Gasteiger partial charge in [0.25, 0.3) is 5.91 Å². The van der Waals surface area contributed by atoms with Gasteiger partial charge in [-0.15, -0.1) is 0 Å². The zero-order valence-corrected chi connectivity index (χ0v) is 15.9. The highest BCUT2D eigenvalue weighted by atomic mass is 16.4. The van der Waals surface area contributed by atoms with Crippen molar-refractivity contribution in [1.29, 1.82) is 0 Å². The number of para-hydroxylation sites is 1. The lowest BCUT2D eigenvalue weighted by Gasteiger charge is -2.35. The largest absolute Gasteiger partial charge is 0.481 e. The second-order valence-corrected chi connectivity index (χ2v) is 8.12. The molecule has 6 heteroatoms. The molecular formula is C20H28N2O4. The van der Waals surface area contributed by atoms with Gasteiger partial charge in [-0.25, -0.2) is 0 Å². The molecule has 142 valence electrons. The van der Waals surface area contributed by atoms with Gasteiger partial charge in [-0.1, -0.05) is 26.0 Å². The average molecular weight is 360 g/mol. The molecule has 2 rings (SSSR count). The number of likely N-dealkylation sites (tertiary alicyclic amines) is 1. The van der Waals surface area contributed by atoms with Gasteiger partial charge in [-0.05, 0) is 44.2 Å². The van der Waals surface area contributed by atoms with Crippen LogP contribution >= 0.6 is 0 Å². The molecule has 1 aliphatic rings. The molecule has 2 N–H and O–H groups in total. The zero-order valence-electron chi connectivity index (χ0n) is 15.9. The van der Waals surface area contributed by atoms with Gasteiger partial charge in [0, 0.05) is 19.5 Å². The fraction of sp³-hybridized carbons (Fsp3) is 0.550. The molecule has 2 atom stereocenters. The predicted octanol–water partition coefficient (Wildman–Crippen LogP) is 3.24. The third kappa shape index (κ3) is 4.84. The van der Waals surface area contributed by atoms with Crippen molar-refractivity contribution in [2.75, 3.05) is 18.4 Å². The van der Waals surface area contributed by atoms with Crippen LogP contribution in [-0.2, 0) is 9.59 Å². The standard InChI is InChI=1S/C20H28N2O4/c1-13-9-14(2)12-22(11-13)18(24)15-7-5-6-8-16(15)21-17(23)10-20(3,4)19(25)26/h5-8,13-14H,9-12H2,1-4H3,(H,21,23)(H,25,26). The zero-order chi connectivity index (χ0) is 19.5. The molecule has 0 spiro atoms. The van der Waals surface area contributed by atoms with Gasteiger partial charge in [-0.3, -0.25) is 14.4 Å². The molecule has 2 amide bonds. The van der Waals surface area contributed by atoms with Crippen LogP contribution in [0.2, 0.25) is 0 Å². The molecule has 1 aromatic rings. The van der Waals surface area contributed by atoms with E-state index in [1.165, 1.54) is 13.8 Å². The van der Waals surface area contributed by atoms with E-state index in [0.29, 0.717) is 36.2 Å². The normalized spacial score (nSPS) is 20.5. The Balaban J connectivity index is 2.16. The van der Waals surface area contributed by atoms with Crippen LogP contribution in [0.5, 0.6) is 0 Å². The third-order valence-electron chi connectivity index (χ3n) is 4.77. The molecule has 2 unspecified atom stereocenters. The van der Waals surface area contributed by atoms with E-state index < -0.39 is 17.3 Å². The average Bonchev–Trinajstić information content (AvgIpc) is 2.53. The molecule has 6 nitrogen and oxygen atoms in total. The molecular weight excluding hydrogens is 332 g/mol. The second-order valence-electron chi connectivity index (χ2n) is 8.12. The second kappa shape index (κ2) is 7.89. The van der Waals surface area contributed by atoms with E-state index in [9.17, 15) is 19.5 Å². The van der Waals surface area contributed by atoms with Crippen LogP contribution in [-0.4, -0.2) is 40.9 Å². The minimum Gasteiger partial charge on any atom is -0.481 e. The predicted molar refractivity (Wildman–Crippen MR) is 100.0 cm³/mol. The third-order valence-corrected chi connectivity index (χ3v) is 4.77. The van der Waals surface area contributed by atoms with Gasteiger partial charge in [0.05, 0.1) is 16.7 Å². The molecule has 0 radical (unpaired) electrons. The number of anilines is 1. The lowest BCUT2D eigenvalue weighted by atomic mass is 9.89. The summed E-state index contributed by atoms with van der Waals surface area (Å²) >= 11 is 0. The number of rotatable bonds is 5. The highest BCUT2D eigenvalue weighted by molar-refractivity contribution is 6.04. The summed E-state index contributed by atoms with van der Waals surface area (Å²) < 4.78 is 0. The van der Waals surface area contributed by atoms with Crippen LogP contribution in [0.25, 0.3) is 0 Å². The molecule has 26 heavy (non-hydrogen) atoms. The van der Waals surface area contributed by atoms with Gasteiger partial charge in [0.2, 0.25) is 5.91 Å². The number of nitrogens with one attached hydrogen (secondary N) is 1. The minimum atomic E-state index is -1.17. The first-order valence-corrected chi connectivity index (χ1v) is 9.01. The molecule has 1 aliphatic heterocycles. The Bertz CT molecular complexity index is 689. The Kier molecular flexibility index (Phi) is 6.05. The Labute approximate surface area is 154 Å². The number of amides is 2. The number of carboxylic acid groups (broad SMARTS) is 1. The topological polar surface area (TPSA) is 86.7 Å². The fourth-order valence-corrected chi connectivity index (χ4v) is 3.45. The van der Waals surface area contributed by atoms with E-state index in [1.807, 2.05) is 4.90 Å². The van der Waals surface area contributed by atoms with Crippen molar-refractivity contribution < 1.29 is 19.5 Å². The van der Waals surface area contributed by atoms with Crippen molar-refractivity contribution in [3.05, 3.63) is 29.8 Å². The maximum atomic E-state index is 13.0. The van der Waals surface area contributed by atoms with Crippen LogP contribution < -0.4 is 5.32 Å². The number of carboxylic acids is 1. The summed E-state index contributed by atoms with van der Waals surface area (Å²) in [6.45, 7) is 8.69. The molecule has 0 aliphatic carbocycles. The summed E-state index contributed by atoms with van der Waals surface area (Å²) in [5, 5.41) is 11.9. The Morgan fingerprint density at radius 1 is 1.15 bits per heavy atom. The maximum absolute atomic E-state index is 13.0. The number of benzene rings is 1.